The molecule has 0 radical (unpaired) electrons. The van der Waals surface area contributed by atoms with Crippen LogP contribution in [-0.2, 0) is 0 Å². The molecule has 0 unspecified atom stereocenters. The van der Waals surface area contributed by atoms with Gasteiger partial charge in [0.05, 0.1) is 17.8 Å². The van der Waals surface area contributed by atoms with Gasteiger partial charge in [0.2, 0.25) is 0 Å². The summed E-state index contributed by atoms with van der Waals surface area (Å²) in [5.41, 5.74) is 8.63. The Labute approximate surface area is 132 Å². The van der Waals surface area contributed by atoms with Gasteiger partial charge in [-0.05, 0) is 47.0 Å². The molecular formula is C16H20BrN3O. The van der Waals surface area contributed by atoms with Gasteiger partial charge >= 0.3 is 0 Å². The second-order valence-electron chi connectivity index (χ2n) is 5.97. The first kappa shape index (κ1) is 14.6. The number of rotatable bonds is 4. The Morgan fingerprint density at radius 1 is 1.33 bits per heavy atom. The molecule has 21 heavy (non-hydrogen) atoms. The average molecular weight is 350 g/mol. The maximum absolute atomic E-state index is 9.71. The third-order valence-electron chi connectivity index (χ3n) is 4.50. The molecule has 0 amide bonds. The number of aliphatic hydroxyl groups is 1. The van der Waals surface area contributed by atoms with Gasteiger partial charge in [0.1, 0.15) is 0 Å². The summed E-state index contributed by atoms with van der Waals surface area (Å²) in [6.07, 6.45) is 6.36. The van der Waals surface area contributed by atoms with Crippen molar-refractivity contribution >= 4 is 38.2 Å². The second kappa shape index (κ2) is 5.81. The molecule has 1 saturated carbocycles. The van der Waals surface area contributed by atoms with Crippen molar-refractivity contribution in [2.24, 2.45) is 5.41 Å². The Morgan fingerprint density at radius 3 is 2.81 bits per heavy atom. The fraction of sp³-hybridized carbons (Fsp3) is 0.438. The summed E-state index contributed by atoms with van der Waals surface area (Å²) in [6, 6.07) is 5.86. The van der Waals surface area contributed by atoms with E-state index in [1.165, 1.54) is 12.8 Å². The predicted molar refractivity (Wildman–Crippen MR) is 90.3 cm³/mol. The van der Waals surface area contributed by atoms with Crippen LogP contribution < -0.4 is 11.1 Å². The Kier molecular flexibility index (Phi) is 4.04. The van der Waals surface area contributed by atoms with Gasteiger partial charge in [-0.15, -0.1) is 0 Å². The molecule has 2 aromatic rings. The lowest BCUT2D eigenvalue weighted by Crippen LogP contribution is -2.30. The van der Waals surface area contributed by atoms with Crippen LogP contribution in [-0.4, -0.2) is 23.2 Å². The molecule has 1 heterocycles. The summed E-state index contributed by atoms with van der Waals surface area (Å²) in [5, 5.41) is 14.1. The van der Waals surface area contributed by atoms with Crippen molar-refractivity contribution in [2.45, 2.75) is 25.7 Å². The van der Waals surface area contributed by atoms with Crippen LogP contribution in [0.3, 0.4) is 0 Å². The van der Waals surface area contributed by atoms with Crippen LogP contribution in [0.25, 0.3) is 10.9 Å². The first-order valence-electron chi connectivity index (χ1n) is 7.32. The number of anilines is 2. The molecule has 0 bridgehead atoms. The molecule has 0 aliphatic heterocycles. The Balaban J connectivity index is 1.89. The molecule has 1 aliphatic rings. The summed E-state index contributed by atoms with van der Waals surface area (Å²) < 4.78 is 0.918. The van der Waals surface area contributed by atoms with Crippen LogP contribution in [0, 0.1) is 5.41 Å². The maximum Gasteiger partial charge on any atom is 0.0954 e. The molecule has 3 rings (SSSR count). The molecular weight excluding hydrogens is 330 g/mol. The van der Waals surface area contributed by atoms with E-state index in [0.29, 0.717) is 0 Å². The van der Waals surface area contributed by atoms with E-state index in [1.54, 1.807) is 6.20 Å². The third kappa shape index (κ3) is 2.85. The van der Waals surface area contributed by atoms with Crippen molar-refractivity contribution in [1.29, 1.82) is 0 Å². The van der Waals surface area contributed by atoms with Crippen molar-refractivity contribution in [2.75, 3.05) is 24.2 Å². The minimum absolute atomic E-state index is 0.0169. The monoisotopic (exact) mass is 349 g/mol. The number of benzene rings is 1. The van der Waals surface area contributed by atoms with Crippen LogP contribution in [0.5, 0.6) is 0 Å². The first-order chi connectivity index (χ1) is 10.1. The first-order valence-corrected chi connectivity index (χ1v) is 8.11. The molecule has 1 fully saturated rings. The number of halogens is 1. The lowest BCUT2D eigenvalue weighted by atomic mass is 9.87. The molecule has 112 valence electrons. The lowest BCUT2D eigenvalue weighted by Gasteiger charge is -2.27. The lowest BCUT2D eigenvalue weighted by molar-refractivity contribution is 0.142. The largest absolute Gasteiger partial charge is 0.398 e. The molecule has 4 nitrogen and oxygen atoms in total. The number of aromatic nitrogens is 1. The van der Waals surface area contributed by atoms with Crippen molar-refractivity contribution < 1.29 is 5.11 Å². The summed E-state index contributed by atoms with van der Waals surface area (Å²) in [7, 11) is 0. The van der Waals surface area contributed by atoms with E-state index < -0.39 is 0 Å². The topological polar surface area (TPSA) is 71.2 Å². The van der Waals surface area contributed by atoms with E-state index in [0.717, 1.165) is 46.1 Å². The minimum atomic E-state index is 0.0169. The summed E-state index contributed by atoms with van der Waals surface area (Å²) in [6.45, 7) is 1.02. The van der Waals surface area contributed by atoms with Crippen molar-refractivity contribution in [1.82, 2.24) is 4.98 Å². The second-order valence-corrected chi connectivity index (χ2v) is 6.89. The van der Waals surface area contributed by atoms with Crippen LogP contribution in [0.1, 0.15) is 25.7 Å². The van der Waals surface area contributed by atoms with E-state index in [1.807, 2.05) is 18.2 Å². The highest BCUT2D eigenvalue weighted by atomic mass is 79.9. The van der Waals surface area contributed by atoms with E-state index in [-0.39, 0.29) is 12.0 Å². The maximum atomic E-state index is 9.71. The van der Waals surface area contributed by atoms with Gasteiger partial charge < -0.3 is 16.2 Å². The predicted octanol–water partition coefficient (Wildman–Crippen LogP) is 3.54. The van der Waals surface area contributed by atoms with E-state index in [9.17, 15) is 5.11 Å². The van der Waals surface area contributed by atoms with Crippen LogP contribution in [0.2, 0.25) is 0 Å². The summed E-state index contributed by atoms with van der Waals surface area (Å²) in [4.78, 5) is 4.48. The Bertz CT molecular complexity index is 653. The van der Waals surface area contributed by atoms with Crippen LogP contribution >= 0.6 is 15.9 Å². The zero-order valence-corrected chi connectivity index (χ0v) is 13.5. The fourth-order valence-corrected chi connectivity index (χ4v) is 3.49. The van der Waals surface area contributed by atoms with E-state index in [4.69, 9.17) is 5.73 Å². The highest BCUT2D eigenvalue weighted by Crippen LogP contribution is 2.38. The highest BCUT2D eigenvalue weighted by molar-refractivity contribution is 9.10. The smallest absolute Gasteiger partial charge is 0.0954 e. The van der Waals surface area contributed by atoms with E-state index in [2.05, 4.69) is 26.2 Å². The molecule has 1 aliphatic carbocycles. The molecule has 5 heteroatoms. The number of hydrogen-bond acceptors (Lipinski definition) is 4. The normalized spacial score (nSPS) is 17.2. The number of nitrogens with one attached hydrogen (secondary N) is 1. The molecule has 4 N–H and O–H groups in total. The van der Waals surface area contributed by atoms with Gasteiger partial charge in [-0.3, -0.25) is 4.98 Å². The van der Waals surface area contributed by atoms with Gasteiger partial charge in [0.15, 0.2) is 0 Å². The van der Waals surface area contributed by atoms with Crippen molar-refractivity contribution in [3.63, 3.8) is 0 Å². The Morgan fingerprint density at radius 2 is 2.10 bits per heavy atom. The zero-order chi connectivity index (χ0) is 14.9. The number of nitrogen functional groups attached to an aromatic ring is 1. The molecule has 0 atom stereocenters. The molecule has 0 saturated heterocycles. The standard InChI is InChI=1S/C16H20BrN3O/c17-11-7-12-13(18)3-4-14(15(12)19-8-11)20-9-16(10-21)5-1-2-6-16/h3-4,7-8,20-21H,1-2,5-6,9-10,18H2. The molecule has 1 aromatic heterocycles. The van der Waals surface area contributed by atoms with Gasteiger partial charge in [-0.2, -0.15) is 0 Å². The summed E-state index contributed by atoms with van der Waals surface area (Å²) >= 11 is 3.43. The summed E-state index contributed by atoms with van der Waals surface area (Å²) in [5.74, 6) is 0. The van der Waals surface area contributed by atoms with Crippen molar-refractivity contribution in [3.8, 4) is 0 Å². The number of pyridine rings is 1. The van der Waals surface area contributed by atoms with Gasteiger partial charge in [-0.1, -0.05) is 12.8 Å². The van der Waals surface area contributed by atoms with Gasteiger partial charge in [0.25, 0.3) is 0 Å². The highest BCUT2D eigenvalue weighted by Gasteiger charge is 2.33. The average Bonchev–Trinajstić information content (AvgIpc) is 2.96. The zero-order valence-electron chi connectivity index (χ0n) is 11.9. The molecule has 0 spiro atoms. The molecule has 1 aromatic carbocycles. The van der Waals surface area contributed by atoms with Gasteiger partial charge in [0, 0.05) is 33.7 Å². The van der Waals surface area contributed by atoms with Crippen molar-refractivity contribution in [3.05, 3.63) is 28.9 Å². The number of aliphatic hydroxyl groups excluding tert-OH is 1. The fourth-order valence-electron chi connectivity index (χ4n) is 3.16. The number of nitrogens with two attached hydrogens (primary N) is 1. The SMILES string of the molecule is Nc1ccc(NCC2(CO)CCCC2)c2ncc(Br)cc12. The quantitative estimate of drug-likeness (QED) is 0.738. The number of hydrogen-bond donors (Lipinski definition) is 3. The minimum Gasteiger partial charge on any atom is -0.398 e. The number of fused-ring (bicyclic) bond motifs is 1. The van der Waals surface area contributed by atoms with Crippen LogP contribution in [0.15, 0.2) is 28.9 Å². The van der Waals surface area contributed by atoms with Gasteiger partial charge in [-0.25, -0.2) is 0 Å². The number of nitrogens with zero attached hydrogens (tertiary/aromatic N) is 1. The Hall–Kier alpha value is -1.33. The van der Waals surface area contributed by atoms with Crippen LogP contribution in [0.4, 0.5) is 11.4 Å². The third-order valence-corrected chi connectivity index (χ3v) is 4.94. The van der Waals surface area contributed by atoms with E-state index >= 15 is 0 Å².